The second-order valence-corrected chi connectivity index (χ2v) is 3.58. The third-order valence-corrected chi connectivity index (χ3v) is 2.77. The van der Waals surface area contributed by atoms with Crippen LogP contribution >= 0.6 is 0 Å². The topological polar surface area (TPSA) is 29.1 Å². The highest BCUT2D eigenvalue weighted by Gasteiger charge is 2.19. The van der Waals surface area contributed by atoms with Gasteiger partial charge in [0, 0.05) is 6.04 Å². The van der Waals surface area contributed by atoms with Crippen LogP contribution < -0.4 is 5.32 Å². The zero-order valence-corrected chi connectivity index (χ0v) is 8.63. The molecule has 2 atom stereocenters. The molecular weight excluding hydrogens is 150 g/mol. The van der Waals surface area contributed by atoms with Crippen LogP contribution in [0.1, 0.15) is 40.5 Å². The van der Waals surface area contributed by atoms with E-state index in [0.717, 1.165) is 19.3 Å². The molecular formula is C10H21NO. The molecule has 0 spiro atoms. The van der Waals surface area contributed by atoms with Crippen LogP contribution in [0.4, 0.5) is 0 Å². The lowest BCUT2D eigenvalue weighted by Gasteiger charge is -2.27. The van der Waals surface area contributed by atoms with Crippen LogP contribution in [0.25, 0.3) is 0 Å². The van der Waals surface area contributed by atoms with Gasteiger partial charge in [-0.05, 0) is 11.8 Å². The maximum atomic E-state index is 10.3. The van der Waals surface area contributed by atoms with Gasteiger partial charge in [0.15, 0.2) is 0 Å². The van der Waals surface area contributed by atoms with Crippen molar-refractivity contribution < 1.29 is 4.79 Å². The summed E-state index contributed by atoms with van der Waals surface area (Å²) in [6.45, 7) is 8.69. The van der Waals surface area contributed by atoms with Crippen molar-refractivity contribution >= 4 is 6.41 Å². The van der Waals surface area contributed by atoms with E-state index in [2.05, 4.69) is 33.0 Å². The molecule has 12 heavy (non-hydrogen) atoms. The van der Waals surface area contributed by atoms with Crippen LogP contribution in [0.2, 0.25) is 0 Å². The first-order valence-corrected chi connectivity index (χ1v) is 4.87. The molecule has 0 aromatic carbocycles. The van der Waals surface area contributed by atoms with Crippen LogP contribution in [-0.2, 0) is 4.79 Å². The smallest absolute Gasteiger partial charge is 0.207 e. The largest absolute Gasteiger partial charge is 0.355 e. The molecule has 0 rings (SSSR count). The maximum Gasteiger partial charge on any atom is 0.207 e. The number of rotatable bonds is 6. The molecule has 0 aromatic heterocycles. The van der Waals surface area contributed by atoms with Gasteiger partial charge < -0.3 is 5.32 Å². The zero-order valence-electron chi connectivity index (χ0n) is 8.63. The Morgan fingerprint density at radius 1 is 1.17 bits per heavy atom. The Bertz CT molecular complexity index is 115. The standard InChI is InChI=1S/C10H21NO/c1-5-8(3)10(11-7-12)9(4)6-2/h7-10H,5-6H2,1-4H3,(H,11,12). The van der Waals surface area contributed by atoms with Crippen molar-refractivity contribution in [1.29, 1.82) is 0 Å². The molecule has 0 fully saturated rings. The van der Waals surface area contributed by atoms with Gasteiger partial charge in [-0.2, -0.15) is 0 Å². The molecule has 1 amide bonds. The van der Waals surface area contributed by atoms with E-state index in [1.807, 2.05) is 0 Å². The van der Waals surface area contributed by atoms with E-state index >= 15 is 0 Å². The molecule has 0 heterocycles. The first kappa shape index (κ1) is 11.5. The minimum absolute atomic E-state index is 0.345. The van der Waals surface area contributed by atoms with Crippen molar-refractivity contribution in [3.05, 3.63) is 0 Å². The first-order chi connectivity index (χ1) is 5.67. The van der Waals surface area contributed by atoms with Gasteiger partial charge in [-0.15, -0.1) is 0 Å². The van der Waals surface area contributed by atoms with Crippen LogP contribution in [0.5, 0.6) is 0 Å². The number of carbonyl (C=O) groups is 1. The Hall–Kier alpha value is -0.530. The molecule has 0 bridgehead atoms. The first-order valence-electron chi connectivity index (χ1n) is 4.87. The van der Waals surface area contributed by atoms with Crippen molar-refractivity contribution in [2.45, 2.75) is 46.6 Å². The predicted octanol–water partition coefficient (Wildman–Crippen LogP) is 2.19. The summed E-state index contributed by atoms with van der Waals surface area (Å²) in [5, 5.41) is 2.90. The monoisotopic (exact) mass is 171 g/mol. The third kappa shape index (κ3) is 3.24. The molecule has 2 nitrogen and oxygen atoms in total. The molecule has 1 N–H and O–H groups in total. The lowest BCUT2D eigenvalue weighted by molar-refractivity contribution is -0.110. The number of carbonyl (C=O) groups excluding carboxylic acids is 1. The van der Waals surface area contributed by atoms with Crippen LogP contribution in [0, 0.1) is 11.8 Å². The van der Waals surface area contributed by atoms with Gasteiger partial charge in [0.2, 0.25) is 6.41 Å². The summed E-state index contributed by atoms with van der Waals surface area (Å²) in [7, 11) is 0. The van der Waals surface area contributed by atoms with E-state index in [0.29, 0.717) is 17.9 Å². The van der Waals surface area contributed by atoms with Crippen molar-refractivity contribution in [1.82, 2.24) is 5.32 Å². The van der Waals surface area contributed by atoms with Gasteiger partial charge in [0.05, 0.1) is 0 Å². The van der Waals surface area contributed by atoms with E-state index < -0.39 is 0 Å². The van der Waals surface area contributed by atoms with Gasteiger partial charge in [0.1, 0.15) is 0 Å². The highest BCUT2D eigenvalue weighted by Crippen LogP contribution is 2.17. The quantitative estimate of drug-likeness (QED) is 0.610. The Morgan fingerprint density at radius 3 is 1.83 bits per heavy atom. The van der Waals surface area contributed by atoms with Crippen molar-refractivity contribution in [2.75, 3.05) is 0 Å². The van der Waals surface area contributed by atoms with Crippen molar-refractivity contribution in [2.24, 2.45) is 11.8 Å². The fourth-order valence-corrected chi connectivity index (χ4v) is 1.48. The lowest BCUT2D eigenvalue weighted by Crippen LogP contribution is -2.39. The SMILES string of the molecule is CCC(C)C(NC=O)C(C)CC. The minimum Gasteiger partial charge on any atom is -0.355 e. The van der Waals surface area contributed by atoms with Gasteiger partial charge in [0.25, 0.3) is 0 Å². The Balaban J connectivity index is 4.09. The molecule has 0 saturated carbocycles. The Kier molecular flexibility index (Phi) is 5.77. The molecule has 2 unspecified atom stereocenters. The zero-order chi connectivity index (χ0) is 9.56. The Labute approximate surface area is 75.7 Å². The third-order valence-electron chi connectivity index (χ3n) is 2.77. The van der Waals surface area contributed by atoms with Crippen LogP contribution in [0.3, 0.4) is 0 Å². The molecule has 0 saturated heterocycles. The Morgan fingerprint density at radius 2 is 1.58 bits per heavy atom. The molecule has 0 aliphatic rings. The summed E-state index contributed by atoms with van der Waals surface area (Å²) in [6, 6.07) is 0.345. The molecule has 72 valence electrons. The van der Waals surface area contributed by atoms with Gasteiger partial charge in [-0.3, -0.25) is 4.79 Å². The molecule has 0 radical (unpaired) electrons. The molecule has 0 aromatic rings. The summed E-state index contributed by atoms with van der Waals surface area (Å²) >= 11 is 0. The number of nitrogens with one attached hydrogen (secondary N) is 1. The van der Waals surface area contributed by atoms with Crippen LogP contribution in [0.15, 0.2) is 0 Å². The second kappa shape index (κ2) is 6.04. The van der Waals surface area contributed by atoms with E-state index in [9.17, 15) is 4.79 Å². The lowest BCUT2D eigenvalue weighted by atomic mass is 9.87. The summed E-state index contributed by atoms with van der Waals surface area (Å²) in [6.07, 6.45) is 3.06. The average molecular weight is 171 g/mol. The molecule has 0 aliphatic carbocycles. The number of hydrogen-bond donors (Lipinski definition) is 1. The van der Waals surface area contributed by atoms with Crippen LogP contribution in [-0.4, -0.2) is 12.5 Å². The molecule has 0 aliphatic heterocycles. The summed E-state index contributed by atoms with van der Waals surface area (Å²) in [5.74, 6) is 1.15. The summed E-state index contributed by atoms with van der Waals surface area (Å²) in [5.41, 5.74) is 0. The van der Waals surface area contributed by atoms with Gasteiger partial charge in [-0.25, -0.2) is 0 Å². The number of amides is 1. The minimum atomic E-state index is 0.345. The predicted molar refractivity (Wildman–Crippen MR) is 51.9 cm³/mol. The van der Waals surface area contributed by atoms with Crippen molar-refractivity contribution in [3.8, 4) is 0 Å². The highest BCUT2D eigenvalue weighted by atomic mass is 16.1. The average Bonchev–Trinajstić information content (AvgIpc) is 2.11. The number of hydrogen-bond acceptors (Lipinski definition) is 1. The highest BCUT2D eigenvalue weighted by molar-refractivity contribution is 5.46. The summed E-state index contributed by atoms with van der Waals surface area (Å²) in [4.78, 5) is 10.3. The van der Waals surface area contributed by atoms with E-state index in [1.165, 1.54) is 0 Å². The van der Waals surface area contributed by atoms with Gasteiger partial charge in [-0.1, -0.05) is 40.5 Å². The normalized spacial score (nSPS) is 18.0. The summed E-state index contributed by atoms with van der Waals surface area (Å²) < 4.78 is 0. The molecule has 2 heteroatoms. The van der Waals surface area contributed by atoms with Gasteiger partial charge >= 0.3 is 0 Å². The maximum absolute atomic E-state index is 10.3. The van der Waals surface area contributed by atoms with E-state index in [-0.39, 0.29) is 0 Å². The van der Waals surface area contributed by atoms with E-state index in [1.54, 1.807) is 0 Å². The fourth-order valence-electron chi connectivity index (χ4n) is 1.48. The second-order valence-electron chi connectivity index (χ2n) is 3.58. The fraction of sp³-hybridized carbons (Fsp3) is 0.900. The van der Waals surface area contributed by atoms with E-state index in [4.69, 9.17) is 0 Å². The van der Waals surface area contributed by atoms with Crippen molar-refractivity contribution in [3.63, 3.8) is 0 Å².